The van der Waals surface area contributed by atoms with Crippen molar-refractivity contribution >= 4 is 15.8 Å². The van der Waals surface area contributed by atoms with Crippen molar-refractivity contribution in [2.24, 2.45) is 5.16 Å². The van der Waals surface area contributed by atoms with E-state index in [2.05, 4.69) is 5.16 Å². The second kappa shape index (κ2) is 6.65. The molecule has 1 aliphatic rings. The lowest BCUT2D eigenvalue weighted by Crippen LogP contribution is -2.14. The second-order valence-corrected chi connectivity index (χ2v) is 7.25. The summed E-state index contributed by atoms with van der Waals surface area (Å²) < 4.78 is 34.9. The fraction of sp³-hybridized carbons (Fsp3) is 0.278. The van der Waals surface area contributed by atoms with Gasteiger partial charge in [-0.3, -0.25) is 4.28 Å². The first kappa shape index (κ1) is 16.5. The van der Waals surface area contributed by atoms with Crippen LogP contribution in [-0.2, 0) is 20.8 Å². The first-order valence-electron chi connectivity index (χ1n) is 7.75. The Kier molecular flexibility index (Phi) is 4.57. The van der Waals surface area contributed by atoms with E-state index in [9.17, 15) is 8.42 Å². The van der Waals surface area contributed by atoms with Gasteiger partial charge in [0.05, 0.1) is 12.8 Å². The number of benzene rings is 2. The zero-order valence-corrected chi connectivity index (χ0v) is 14.5. The lowest BCUT2D eigenvalue weighted by Gasteiger charge is -2.19. The summed E-state index contributed by atoms with van der Waals surface area (Å²) in [7, 11) is -2.29. The Balaban J connectivity index is 1.90. The molecule has 0 atom stereocenters. The summed E-state index contributed by atoms with van der Waals surface area (Å²) in [6.45, 7) is 1.89. The highest BCUT2D eigenvalue weighted by molar-refractivity contribution is 7.86. The highest BCUT2D eigenvalue weighted by atomic mass is 32.2. The molecule has 0 N–H and O–H groups in total. The highest BCUT2D eigenvalue weighted by Crippen LogP contribution is 2.30. The molecule has 0 aromatic heterocycles. The molecule has 0 saturated carbocycles. The van der Waals surface area contributed by atoms with Gasteiger partial charge < -0.3 is 4.74 Å². The minimum Gasteiger partial charge on any atom is -0.496 e. The molecule has 1 aliphatic carbocycles. The van der Waals surface area contributed by atoms with Gasteiger partial charge in [0.25, 0.3) is 0 Å². The van der Waals surface area contributed by atoms with Crippen LogP contribution < -0.4 is 4.74 Å². The molecule has 2 aromatic rings. The van der Waals surface area contributed by atoms with Gasteiger partial charge in [-0.05, 0) is 44.4 Å². The fourth-order valence-electron chi connectivity index (χ4n) is 2.79. The number of oxime groups is 1. The molecule has 0 unspecified atom stereocenters. The summed E-state index contributed by atoms with van der Waals surface area (Å²) in [6, 6.07) is 12.2. The molecule has 0 saturated heterocycles. The van der Waals surface area contributed by atoms with Gasteiger partial charge in [0, 0.05) is 11.1 Å². The average Bonchev–Trinajstić information content (AvgIpc) is 2.59. The first-order chi connectivity index (χ1) is 11.5. The normalized spacial score (nSPS) is 15.8. The summed E-state index contributed by atoms with van der Waals surface area (Å²) in [5.74, 6) is 0.793. The van der Waals surface area contributed by atoms with E-state index in [4.69, 9.17) is 9.02 Å². The van der Waals surface area contributed by atoms with E-state index in [-0.39, 0.29) is 4.90 Å². The summed E-state index contributed by atoms with van der Waals surface area (Å²) >= 11 is 0. The highest BCUT2D eigenvalue weighted by Gasteiger charge is 2.21. The first-order valence-corrected chi connectivity index (χ1v) is 9.15. The van der Waals surface area contributed by atoms with E-state index in [0.29, 0.717) is 12.1 Å². The molecule has 0 spiro atoms. The topological polar surface area (TPSA) is 65.0 Å². The molecule has 6 heteroatoms. The third-order valence-corrected chi connectivity index (χ3v) is 5.18. The average molecular weight is 345 g/mol. The van der Waals surface area contributed by atoms with Gasteiger partial charge in [0.15, 0.2) is 0 Å². The zero-order chi connectivity index (χ0) is 17.2. The van der Waals surface area contributed by atoms with Crippen molar-refractivity contribution in [2.45, 2.75) is 31.1 Å². The summed E-state index contributed by atoms with van der Waals surface area (Å²) in [4.78, 5) is 0.0964. The lowest BCUT2D eigenvalue weighted by molar-refractivity contribution is 0.337. The van der Waals surface area contributed by atoms with Crippen LogP contribution in [0.5, 0.6) is 5.75 Å². The van der Waals surface area contributed by atoms with E-state index in [1.165, 1.54) is 12.1 Å². The second-order valence-electron chi connectivity index (χ2n) is 5.72. The molecule has 0 amide bonds. The van der Waals surface area contributed by atoms with Crippen LogP contribution >= 0.6 is 0 Å². The number of rotatable bonds is 4. The Labute approximate surface area is 142 Å². The van der Waals surface area contributed by atoms with Crippen molar-refractivity contribution < 1.29 is 17.4 Å². The minimum atomic E-state index is -3.91. The van der Waals surface area contributed by atoms with Crippen LogP contribution in [0.25, 0.3) is 0 Å². The van der Waals surface area contributed by atoms with E-state index in [0.717, 1.165) is 35.3 Å². The molecule has 0 heterocycles. The molecule has 2 aromatic carbocycles. The molecule has 24 heavy (non-hydrogen) atoms. The Morgan fingerprint density at radius 3 is 2.50 bits per heavy atom. The number of ether oxygens (including phenoxy) is 1. The zero-order valence-electron chi connectivity index (χ0n) is 13.7. The van der Waals surface area contributed by atoms with E-state index >= 15 is 0 Å². The summed E-state index contributed by atoms with van der Waals surface area (Å²) in [5.41, 5.74) is 3.54. The Bertz CT molecular complexity index is 870. The van der Waals surface area contributed by atoms with E-state index in [1.54, 1.807) is 19.2 Å². The Hall–Kier alpha value is -2.34. The molecule has 0 radical (unpaired) electrons. The molecule has 3 rings (SSSR count). The summed E-state index contributed by atoms with van der Waals surface area (Å²) in [6.07, 6.45) is 2.42. The van der Waals surface area contributed by atoms with Crippen molar-refractivity contribution in [1.29, 1.82) is 0 Å². The lowest BCUT2D eigenvalue weighted by atomic mass is 9.89. The van der Waals surface area contributed by atoms with Crippen molar-refractivity contribution in [3.8, 4) is 5.75 Å². The van der Waals surface area contributed by atoms with Gasteiger partial charge in [-0.15, -0.1) is 0 Å². The van der Waals surface area contributed by atoms with Gasteiger partial charge >= 0.3 is 10.1 Å². The molecule has 5 nitrogen and oxygen atoms in total. The quantitative estimate of drug-likeness (QED) is 0.796. The van der Waals surface area contributed by atoms with Crippen LogP contribution in [0.4, 0.5) is 0 Å². The Morgan fingerprint density at radius 2 is 1.79 bits per heavy atom. The SMILES string of the molecule is COc1cccc2c1CCCC2=NOS(=O)(=O)c1ccc(C)cc1. The van der Waals surface area contributed by atoms with Crippen molar-refractivity contribution in [2.75, 3.05) is 7.11 Å². The maximum absolute atomic E-state index is 12.3. The third-order valence-electron chi connectivity index (χ3n) is 4.06. The number of nitrogens with zero attached hydrogens (tertiary/aromatic N) is 1. The molecule has 126 valence electrons. The van der Waals surface area contributed by atoms with Crippen molar-refractivity contribution in [3.63, 3.8) is 0 Å². The van der Waals surface area contributed by atoms with E-state index < -0.39 is 10.1 Å². The van der Waals surface area contributed by atoms with Crippen LogP contribution in [0, 0.1) is 6.92 Å². The van der Waals surface area contributed by atoms with Gasteiger partial charge in [0.2, 0.25) is 0 Å². The molecular formula is C18H19NO4S. The van der Waals surface area contributed by atoms with Gasteiger partial charge in [-0.1, -0.05) is 35.0 Å². The van der Waals surface area contributed by atoms with Crippen LogP contribution in [0.15, 0.2) is 52.5 Å². The number of methoxy groups -OCH3 is 1. The standard InChI is InChI=1S/C18H19NO4S/c1-13-9-11-14(12-10-13)24(20,21)23-19-17-7-3-6-16-15(17)5-4-8-18(16)22-2/h4-5,8-12H,3,6-7H2,1-2H3. The van der Waals surface area contributed by atoms with Crippen LogP contribution in [0.2, 0.25) is 0 Å². The molecule has 0 aliphatic heterocycles. The third kappa shape index (κ3) is 3.28. The van der Waals surface area contributed by atoms with Crippen LogP contribution in [-0.4, -0.2) is 21.2 Å². The molecular weight excluding hydrogens is 326 g/mol. The predicted molar refractivity (Wildman–Crippen MR) is 91.9 cm³/mol. The maximum atomic E-state index is 12.3. The van der Waals surface area contributed by atoms with Gasteiger partial charge in [0.1, 0.15) is 10.6 Å². The van der Waals surface area contributed by atoms with Crippen molar-refractivity contribution in [3.05, 3.63) is 59.2 Å². The molecule has 0 bridgehead atoms. The molecule has 0 fully saturated rings. The Morgan fingerprint density at radius 1 is 1.04 bits per heavy atom. The smallest absolute Gasteiger partial charge is 0.358 e. The predicted octanol–water partition coefficient (Wildman–Crippen LogP) is 3.45. The number of hydrogen-bond acceptors (Lipinski definition) is 5. The maximum Gasteiger partial charge on any atom is 0.358 e. The van der Waals surface area contributed by atoms with Gasteiger partial charge in [-0.2, -0.15) is 8.42 Å². The largest absolute Gasteiger partial charge is 0.496 e. The number of aryl methyl sites for hydroxylation is 1. The fourth-order valence-corrected chi connectivity index (χ4v) is 3.53. The van der Waals surface area contributed by atoms with Gasteiger partial charge in [-0.25, -0.2) is 0 Å². The minimum absolute atomic E-state index is 0.0964. The monoisotopic (exact) mass is 345 g/mol. The van der Waals surface area contributed by atoms with E-state index in [1.807, 2.05) is 25.1 Å². The number of hydrogen-bond donors (Lipinski definition) is 0. The van der Waals surface area contributed by atoms with Crippen LogP contribution in [0.1, 0.15) is 29.5 Å². The van der Waals surface area contributed by atoms with Crippen LogP contribution in [0.3, 0.4) is 0 Å². The number of fused-ring (bicyclic) bond motifs is 1. The van der Waals surface area contributed by atoms with Crippen molar-refractivity contribution in [1.82, 2.24) is 0 Å². The summed E-state index contributed by atoms with van der Waals surface area (Å²) in [5, 5.41) is 3.94.